The number of hydrogen-bond acceptors (Lipinski definition) is 4. The van der Waals surface area contributed by atoms with Crippen LogP contribution in [0.4, 0.5) is 0 Å². The number of pyridine rings is 1. The molecule has 1 unspecified atom stereocenters. The summed E-state index contributed by atoms with van der Waals surface area (Å²) in [6.07, 6.45) is 2.76. The van der Waals surface area contributed by atoms with Gasteiger partial charge in [0.15, 0.2) is 0 Å². The average Bonchev–Trinajstić information content (AvgIpc) is 2.55. The minimum atomic E-state index is -0.0359. The second kappa shape index (κ2) is 7.09. The number of methoxy groups -OCH3 is 2. The van der Waals surface area contributed by atoms with Crippen molar-refractivity contribution in [2.45, 2.75) is 19.4 Å². The smallest absolute Gasteiger partial charge is 0.124 e. The summed E-state index contributed by atoms with van der Waals surface area (Å²) in [5.74, 6) is 1.63. The first-order chi connectivity index (χ1) is 10.2. The lowest BCUT2D eigenvalue weighted by atomic mass is 9.97. The average molecular weight is 286 g/mol. The highest BCUT2D eigenvalue weighted by atomic mass is 16.5. The van der Waals surface area contributed by atoms with E-state index in [0.717, 1.165) is 29.2 Å². The molecule has 1 heterocycles. The molecule has 0 bridgehead atoms. The van der Waals surface area contributed by atoms with Crippen molar-refractivity contribution in [3.63, 3.8) is 0 Å². The third-order valence-electron chi connectivity index (χ3n) is 3.62. The fraction of sp³-hybridized carbons (Fsp3) is 0.353. The van der Waals surface area contributed by atoms with Crippen LogP contribution in [-0.2, 0) is 6.42 Å². The molecule has 1 aromatic heterocycles. The van der Waals surface area contributed by atoms with Gasteiger partial charge in [0, 0.05) is 11.8 Å². The van der Waals surface area contributed by atoms with Crippen LogP contribution in [0.5, 0.6) is 11.5 Å². The van der Waals surface area contributed by atoms with Crippen LogP contribution in [0.1, 0.15) is 29.8 Å². The van der Waals surface area contributed by atoms with Crippen LogP contribution >= 0.6 is 0 Å². The zero-order chi connectivity index (χ0) is 15.2. The van der Waals surface area contributed by atoms with Crippen molar-refractivity contribution in [2.75, 3.05) is 21.3 Å². The van der Waals surface area contributed by atoms with Crippen molar-refractivity contribution in [3.05, 3.63) is 53.3 Å². The van der Waals surface area contributed by atoms with Crippen LogP contribution in [0.25, 0.3) is 0 Å². The van der Waals surface area contributed by atoms with Gasteiger partial charge in [-0.25, -0.2) is 0 Å². The van der Waals surface area contributed by atoms with Crippen LogP contribution in [-0.4, -0.2) is 26.3 Å². The SMILES string of the molecule is CCc1cccnc1C(NC)c1cc(OC)ccc1OC. The van der Waals surface area contributed by atoms with E-state index in [1.165, 1.54) is 5.56 Å². The molecule has 0 aliphatic heterocycles. The first-order valence-corrected chi connectivity index (χ1v) is 7.08. The molecule has 2 rings (SSSR count). The summed E-state index contributed by atoms with van der Waals surface area (Å²) in [5.41, 5.74) is 3.27. The highest BCUT2D eigenvalue weighted by molar-refractivity contribution is 5.46. The quantitative estimate of drug-likeness (QED) is 0.886. The van der Waals surface area contributed by atoms with Crippen molar-refractivity contribution in [1.82, 2.24) is 10.3 Å². The highest BCUT2D eigenvalue weighted by Gasteiger charge is 2.20. The minimum absolute atomic E-state index is 0.0359. The zero-order valence-electron chi connectivity index (χ0n) is 13.0. The van der Waals surface area contributed by atoms with E-state index < -0.39 is 0 Å². The lowest BCUT2D eigenvalue weighted by Crippen LogP contribution is -2.21. The summed E-state index contributed by atoms with van der Waals surface area (Å²) in [6, 6.07) is 9.86. The monoisotopic (exact) mass is 286 g/mol. The predicted octanol–water partition coefficient (Wildman–Crippen LogP) is 2.97. The van der Waals surface area contributed by atoms with Crippen molar-refractivity contribution in [1.29, 1.82) is 0 Å². The molecule has 1 N–H and O–H groups in total. The van der Waals surface area contributed by atoms with E-state index in [4.69, 9.17) is 9.47 Å². The minimum Gasteiger partial charge on any atom is -0.497 e. The van der Waals surface area contributed by atoms with Gasteiger partial charge < -0.3 is 14.8 Å². The van der Waals surface area contributed by atoms with Gasteiger partial charge in [0.1, 0.15) is 11.5 Å². The summed E-state index contributed by atoms with van der Waals surface area (Å²) in [4.78, 5) is 4.57. The Kier molecular flexibility index (Phi) is 5.17. The lowest BCUT2D eigenvalue weighted by molar-refractivity contribution is 0.394. The molecule has 2 aromatic rings. The van der Waals surface area contributed by atoms with Gasteiger partial charge in [-0.1, -0.05) is 13.0 Å². The molecule has 0 aliphatic carbocycles. The summed E-state index contributed by atoms with van der Waals surface area (Å²) in [7, 11) is 5.27. The van der Waals surface area contributed by atoms with Crippen molar-refractivity contribution >= 4 is 0 Å². The number of aromatic nitrogens is 1. The molecule has 0 fully saturated rings. The molecule has 0 saturated heterocycles. The molecule has 1 atom stereocenters. The number of nitrogens with one attached hydrogen (secondary N) is 1. The predicted molar refractivity (Wildman–Crippen MR) is 84.1 cm³/mol. The Morgan fingerprint density at radius 2 is 2.00 bits per heavy atom. The summed E-state index contributed by atoms with van der Waals surface area (Å²) in [5, 5.41) is 3.34. The molecule has 4 nitrogen and oxygen atoms in total. The van der Waals surface area contributed by atoms with E-state index in [9.17, 15) is 0 Å². The maximum atomic E-state index is 5.50. The third-order valence-corrected chi connectivity index (χ3v) is 3.62. The topological polar surface area (TPSA) is 43.4 Å². The fourth-order valence-electron chi connectivity index (χ4n) is 2.51. The third kappa shape index (κ3) is 3.16. The number of hydrogen-bond donors (Lipinski definition) is 1. The summed E-state index contributed by atoms with van der Waals surface area (Å²) < 4.78 is 10.8. The molecule has 21 heavy (non-hydrogen) atoms. The van der Waals surface area contributed by atoms with Crippen LogP contribution in [0, 0.1) is 0 Å². The Hall–Kier alpha value is -2.07. The normalized spacial score (nSPS) is 12.0. The van der Waals surface area contributed by atoms with Gasteiger partial charge in [0.05, 0.1) is 26.0 Å². The Labute approximate surface area is 126 Å². The highest BCUT2D eigenvalue weighted by Crippen LogP contribution is 2.33. The lowest BCUT2D eigenvalue weighted by Gasteiger charge is -2.21. The van der Waals surface area contributed by atoms with Gasteiger partial charge in [0.2, 0.25) is 0 Å². The van der Waals surface area contributed by atoms with Gasteiger partial charge in [-0.3, -0.25) is 4.98 Å². The Morgan fingerprint density at radius 3 is 2.62 bits per heavy atom. The number of aryl methyl sites for hydroxylation is 1. The molecular formula is C17H22N2O2. The number of nitrogens with zero attached hydrogens (tertiary/aromatic N) is 1. The second-order valence-electron chi connectivity index (χ2n) is 4.73. The van der Waals surface area contributed by atoms with E-state index in [0.29, 0.717) is 0 Å². The zero-order valence-corrected chi connectivity index (χ0v) is 13.0. The molecule has 0 aliphatic rings. The molecule has 0 saturated carbocycles. The van der Waals surface area contributed by atoms with Gasteiger partial charge in [-0.2, -0.15) is 0 Å². The molecule has 1 aromatic carbocycles. The maximum Gasteiger partial charge on any atom is 0.124 e. The molecular weight excluding hydrogens is 264 g/mol. The largest absolute Gasteiger partial charge is 0.497 e. The van der Waals surface area contributed by atoms with E-state index in [1.807, 2.05) is 37.5 Å². The van der Waals surface area contributed by atoms with Crippen LogP contribution in [0.2, 0.25) is 0 Å². The molecule has 0 spiro atoms. The van der Waals surface area contributed by atoms with Gasteiger partial charge in [0.25, 0.3) is 0 Å². The van der Waals surface area contributed by atoms with Gasteiger partial charge >= 0.3 is 0 Å². The van der Waals surface area contributed by atoms with E-state index in [1.54, 1.807) is 14.2 Å². The Balaban J connectivity index is 2.55. The molecule has 0 amide bonds. The van der Waals surface area contributed by atoms with Gasteiger partial charge in [-0.15, -0.1) is 0 Å². The first-order valence-electron chi connectivity index (χ1n) is 7.08. The number of ether oxygens (including phenoxy) is 2. The van der Waals surface area contributed by atoms with Gasteiger partial charge in [-0.05, 0) is 43.3 Å². The van der Waals surface area contributed by atoms with Crippen molar-refractivity contribution < 1.29 is 9.47 Å². The van der Waals surface area contributed by atoms with E-state index in [2.05, 4.69) is 23.3 Å². The summed E-state index contributed by atoms with van der Waals surface area (Å²) >= 11 is 0. The fourth-order valence-corrected chi connectivity index (χ4v) is 2.51. The van der Waals surface area contributed by atoms with Crippen molar-refractivity contribution in [2.24, 2.45) is 0 Å². The summed E-state index contributed by atoms with van der Waals surface area (Å²) in [6.45, 7) is 2.13. The first kappa shape index (κ1) is 15.3. The Morgan fingerprint density at radius 1 is 1.19 bits per heavy atom. The second-order valence-corrected chi connectivity index (χ2v) is 4.73. The van der Waals surface area contributed by atoms with Crippen LogP contribution < -0.4 is 14.8 Å². The molecule has 0 radical (unpaired) electrons. The standard InChI is InChI=1S/C17H22N2O2/c1-5-12-7-6-10-19-16(12)17(18-2)14-11-13(20-3)8-9-15(14)21-4/h6-11,17-18H,5H2,1-4H3. The number of rotatable bonds is 6. The molecule has 112 valence electrons. The van der Waals surface area contributed by atoms with Crippen LogP contribution in [0.3, 0.4) is 0 Å². The van der Waals surface area contributed by atoms with E-state index >= 15 is 0 Å². The van der Waals surface area contributed by atoms with Crippen molar-refractivity contribution in [3.8, 4) is 11.5 Å². The number of benzene rings is 1. The Bertz CT molecular complexity index is 599. The van der Waals surface area contributed by atoms with E-state index in [-0.39, 0.29) is 6.04 Å². The van der Waals surface area contributed by atoms with Crippen LogP contribution in [0.15, 0.2) is 36.5 Å². The maximum absolute atomic E-state index is 5.50. The molecule has 4 heteroatoms.